The summed E-state index contributed by atoms with van der Waals surface area (Å²) in [5.74, 6) is -0.197. The summed E-state index contributed by atoms with van der Waals surface area (Å²) in [5.41, 5.74) is 5.29. The lowest BCUT2D eigenvalue weighted by Crippen LogP contribution is -2.37. The Balaban J connectivity index is 2.21. The van der Waals surface area contributed by atoms with Gasteiger partial charge >= 0.3 is 0 Å². The molecule has 6 nitrogen and oxygen atoms in total. The molecule has 0 aliphatic carbocycles. The molecule has 6 heteroatoms. The number of aliphatic hydroxyl groups is 2. The summed E-state index contributed by atoms with van der Waals surface area (Å²) in [6.45, 7) is 0.985. The third-order valence-electron chi connectivity index (χ3n) is 1.93. The normalized spacial score (nSPS) is 20.3. The third kappa shape index (κ3) is 3.69. The van der Waals surface area contributed by atoms with Crippen molar-refractivity contribution in [3.63, 3.8) is 0 Å². The van der Waals surface area contributed by atoms with E-state index in [9.17, 15) is 4.79 Å². The Hall–Kier alpha value is -0.530. The number of hydrogen-bond donors (Lipinski definition) is 3. The molecule has 4 N–H and O–H groups in total. The molecule has 0 aromatic heterocycles. The molecule has 1 rings (SSSR count). The largest absolute Gasteiger partial charge is 0.367 e. The van der Waals surface area contributed by atoms with E-state index in [0.717, 1.165) is 0 Å². The summed E-state index contributed by atoms with van der Waals surface area (Å²) >= 11 is 0. The Labute approximate surface area is 81.6 Å². The quantitative estimate of drug-likeness (QED) is 0.465. The van der Waals surface area contributed by atoms with Crippen LogP contribution in [0.5, 0.6) is 0 Å². The minimum Gasteiger partial charge on any atom is -0.367 e. The van der Waals surface area contributed by atoms with Crippen LogP contribution in [0.15, 0.2) is 0 Å². The monoisotopic (exact) mass is 205 g/mol. The van der Waals surface area contributed by atoms with E-state index in [0.29, 0.717) is 13.2 Å². The Morgan fingerprint density at radius 1 is 1.43 bits per heavy atom. The number of ether oxygens (including phenoxy) is 2. The third-order valence-corrected chi connectivity index (χ3v) is 1.93. The molecule has 82 valence electrons. The Morgan fingerprint density at radius 3 is 2.50 bits per heavy atom. The topological polar surface area (TPSA) is 102 Å². The maximum Gasteiger partial charge on any atom is 0.167 e. The number of carbonyl (C=O) groups excluding carboxylic acids is 1. The first-order valence-corrected chi connectivity index (χ1v) is 4.46. The summed E-state index contributed by atoms with van der Waals surface area (Å²) in [7, 11) is 0. The van der Waals surface area contributed by atoms with Gasteiger partial charge in [-0.05, 0) is 0 Å². The zero-order chi connectivity index (χ0) is 10.6. The van der Waals surface area contributed by atoms with Gasteiger partial charge in [-0.3, -0.25) is 4.79 Å². The molecular formula is C8H15NO5. The van der Waals surface area contributed by atoms with E-state index < -0.39 is 18.6 Å². The van der Waals surface area contributed by atoms with E-state index in [1.54, 1.807) is 0 Å². The zero-order valence-corrected chi connectivity index (χ0v) is 7.76. The molecule has 0 spiro atoms. The molecule has 1 saturated heterocycles. The Morgan fingerprint density at radius 2 is 2.00 bits per heavy atom. The molecule has 1 aliphatic heterocycles. The van der Waals surface area contributed by atoms with Crippen molar-refractivity contribution < 1.29 is 24.5 Å². The van der Waals surface area contributed by atoms with Crippen molar-refractivity contribution in [3.05, 3.63) is 0 Å². The van der Waals surface area contributed by atoms with Crippen molar-refractivity contribution in [2.75, 3.05) is 13.2 Å². The first-order valence-electron chi connectivity index (χ1n) is 4.46. The van der Waals surface area contributed by atoms with E-state index >= 15 is 0 Å². The van der Waals surface area contributed by atoms with Crippen LogP contribution in [0, 0.1) is 0 Å². The number of Topliss-reactive ketones (excluding diaryl/α,β-unsaturated/α-hetero) is 1. The minimum atomic E-state index is -1.66. The first kappa shape index (κ1) is 11.5. The predicted octanol–water partition coefficient (Wildman–Crippen LogP) is -1.65. The molecule has 1 unspecified atom stereocenters. The van der Waals surface area contributed by atoms with Crippen LogP contribution >= 0.6 is 0 Å². The van der Waals surface area contributed by atoms with E-state index in [-0.39, 0.29) is 18.6 Å². The number of hydrogen-bond acceptors (Lipinski definition) is 6. The van der Waals surface area contributed by atoms with E-state index in [1.807, 2.05) is 0 Å². The number of carbonyl (C=O) groups is 1. The van der Waals surface area contributed by atoms with Gasteiger partial charge in [-0.2, -0.15) is 0 Å². The number of ketones is 1. The summed E-state index contributed by atoms with van der Waals surface area (Å²) < 4.78 is 10.1. The highest BCUT2D eigenvalue weighted by Gasteiger charge is 2.22. The van der Waals surface area contributed by atoms with Crippen LogP contribution in [-0.2, 0) is 14.3 Å². The number of rotatable bonds is 5. The lowest BCUT2D eigenvalue weighted by Gasteiger charge is -2.13. The van der Waals surface area contributed by atoms with Gasteiger partial charge in [-0.1, -0.05) is 0 Å². The maximum atomic E-state index is 11.3. The fourth-order valence-electron chi connectivity index (χ4n) is 1.16. The summed E-state index contributed by atoms with van der Waals surface area (Å²) in [4.78, 5) is 11.3. The minimum absolute atomic E-state index is 0.0825. The van der Waals surface area contributed by atoms with Gasteiger partial charge in [-0.25, -0.2) is 0 Å². The van der Waals surface area contributed by atoms with Crippen LogP contribution in [0.2, 0.25) is 0 Å². The van der Waals surface area contributed by atoms with Gasteiger partial charge in [0.25, 0.3) is 0 Å². The van der Waals surface area contributed by atoms with Crippen LogP contribution < -0.4 is 5.73 Å². The lowest BCUT2D eigenvalue weighted by molar-refractivity contribution is -0.130. The first-order chi connectivity index (χ1) is 6.59. The molecule has 1 atom stereocenters. The molecule has 0 bridgehead atoms. The average Bonchev–Trinajstić information content (AvgIpc) is 2.56. The molecule has 0 aromatic carbocycles. The van der Waals surface area contributed by atoms with Crippen molar-refractivity contribution in [1.29, 1.82) is 0 Å². The van der Waals surface area contributed by atoms with Crippen LogP contribution in [-0.4, -0.2) is 47.8 Å². The van der Waals surface area contributed by atoms with Crippen LogP contribution in [0.3, 0.4) is 0 Å². The molecule has 0 radical (unpaired) electrons. The smallest absolute Gasteiger partial charge is 0.167 e. The SMILES string of the molecule is NC(CC(=O)CC1OCCO1)C(O)O. The maximum absolute atomic E-state index is 11.3. The van der Waals surface area contributed by atoms with Crippen LogP contribution in [0.1, 0.15) is 12.8 Å². The second-order valence-electron chi connectivity index (χ2n) is 3.20. The van der Waals surface area contributed by atoms with Crippen LogP contribution in [0.25, 0.3) is 0 Å². The highest BCUT2D eigenvalue weighted by atomic mass is 16.7. The summed E-state index contributed by atoms with van der Waals surface area (Å²) in [6, 6.07) is -0.941. The molecule has 0 aromatic rings. The lowest BCUT2D eigenvalue weighted by atomic mass is 10.1. The molecule has 0 saturated carbocycles. The summed E-state index contributed by atoms with van der Waals surface area (Å²) in [5, 5.41) is 17.3. The number of nitrogens with two attached hydrogens (primary N) is 1. The fraction of sp³-hybridized carbons (Fsp3) is 0.875. The van der Waals surface area contributed by atoms with Gasteiger partial charge in [0, 0.05) is 6.42 Å². The van der Waals surface area contributed by atoms with Crippen molar-refractivity contribution in [2.24, 2.45) is 5.73 Å². The molecule has 1 heterocycles. The van der Waals surface area contributed by atoms with Gasteiger partial charge in [0.1, 0.15) is 5.78 Å². The van der Waals surface area contributed by atoms with E-state index in [2.05, 4.69) is 0 Å². The van der Waals surface area contributed by atoms with Gasteiger partial charge in [0.15, 0.2) is 12.6 Å². The molecule has 1 aliphatic rings. The molecule has 1 fully saturated rings. The van der Waals surface area contributed by atoms with Gasteiger partial charge in [0.05, 0.1) is 25.7 Å². The van der Waals surface area contributed by atoms with Gasteiger partial charge in [0.2, 0.25) is 0 Å². The van der Waals surface area contributed by atoms with Gasteiger partial charge in [-0.15, -0.1) is 0 Å². The molecular weight excluding hydrogens is 190 g/mol. The van der Waals surface area contributed by atoms with E-state index in [4.69, 9.17) is 25.4 Å². The Kier molecular flexibility index (Phi) is 4.43. The highest BCUT2D eigenvalue weighted by molar-refractivity contribution is 5.79. The predicted molar refractivity (Wildman–Crippen MR) is 46.1 cm³/mol. The second-order valence-corrected chi connectivity index (χ2v) is 3.20. The van der Waals surface area contributed by atoms with E-state index in [1.165, 1.54) is 0 Å². The molecule has 14 heavy (non-hydrogen) atoms. The van der Waals surface area contributed by atoms with Crippen molar-refractivity contribution in [3.8, 4) is 0 Å². The van der Waals surface area contributed by atoms with Crippen LogP contribution in [0.4, 0.5) is 0 Å². The molecule has 0 amide bonds. The fourth-order valence-corrected chi connectivity index (χ4v) is 1.16. The van der Waals surface area contributed by atoms with Gasteiger partial charge < -0.3 is 25.4 Å². The average molecular weight is 205 g/mol. The zero-order valence-electron chi connectivity index (χ0n) is 7.76. The summed E-state index contributed by atoms with van der Waals surface area (Å²) in [6.07, 6.45) is -2.13. The van der Waals surface area contributed by atoms with Crippen molar-refractivity contribution >= 4 is 5.78 Å². The highest BCUT2D eigenvalue weighted by Crippen LogP contribution is 2.10. The van der Waals surface area contributed by atoms with Crippen molar-refractivity contribution in [2.45, 2.75) is 31.5 Å². The van der Waals surface area contributed by atoms with Crippen molar-refractivity contribution in [1.82, 2.24) is 0 Å². The number of aliphatic hydroxyl groups excluding tert-OH is 1. The standard InChI is InChI=1S/C8H15NO5/c9-6(8(11)12)3-5(10)4-7-13-1-2-14-7/h6-8,11-12H,1-4,9H2. The Bertz CT molecular complexity index is 184. The second kappa shape index (κ2) is 5.38.